The molecule has 1 aromatic heterocycles. The fraction of sp³-hybridized carbons (Fsp3) is 0.176. The van der Waals surface area contributed by atoms with Crippen molar-refractivity contribution in [2.45, 2.75) is 13.5 Å². The first-order valence-electron chi connectivity index (χ1n) is 6.85. The monoisotopic (exact) mass is 279 g/mol. The number of methoxy groups -OCH3 is 1. The van der Waals surface area contributed by atoms with Gasteiger partial charge in [0.2, 0.25) is 0 Å². The number of aryl methyl sites for hydroxylation is 1. The van der Waals surface area contributed by atoms with Gasteiger partial charge in [0.15, 0.2) is 0 Å². The van der Waals surface area contributed by atoms with E-state index >= 15 is 0 Å². The van der Waals surface area contributed by atoms with Crippen LogP contribution in [0.15, 0.2) is 48.8 Å². The van der Waals surface area contributed by atoms with Crippen LogP contribution in [0.25, 0.3) is 10.9 Å². The lowest BCUT2D eigenvalue weighted by molar-refractivity contribution is 0.410. The number of para-hydroxylation sites is 1. The SMILES string of the molecule is COc1ccccc1CNc1ncnc2ccc(C)cc12. The van der Waals surface area contributed by atoms with E-state index in [9.17, 15) is 0 Å². The van der Waals surface area contributed by atoms with Crippen molar-refractivity contribution in [3.05, 3.63) is 59.9 Å². The van der Waals surface area contributed by atoms with Crippen LogP contribution in [0.1, 0.15) is 11.1 Å². The Hall–Kier alpha value is -2.62. The standard InChI is InChI=1S/C17H17N3O/c1-12-7-8-15-14(9-12)17(20-11-19-15)18-10-13-5-3-4-6-16(13)21-2/h3-9,11H,10H2,1-2H3,(H,18,19,20). The fourth-order valence-corrected chi connectivity index (χ4v) is 2.34. The van der Waals surface area contributed by atoms with E-state index in [2.05, 4.69) is 34.3 Å². The summed E-state index contributed by atoms with van der Waals surface area (Å²) in [5.74, 6) is 1.72. The van der Waals surface area contributed by atoms with Gasteiger partial charge in [-0.05, 0) is 25.1 Å². The highest BCUT2D eigenvalue weighted by Gasteiger charge is 2.06. The van der Waals surface area contributed by atoms with E-state index < -0.39 is 0 Å². The second-order valence-electron chi connectivity index (χ2n) is 4.91. The number of ether oxygens (including phenoxy) is 1. The number of aromatic nitrogens is 2. The van der Waals surface area contributed by atoms with Crippen molar-refractivity contribution in [2.75, 3.05) is 12.4 Å². The molecule has 2 aromatic carbocycles. The van der Waals surface area contributed by atoms with Crippen LogP contribution in [0.3, 0.4) is 0 Å². The summed E-state index contributed by atoms with van der Waals surface area (Å²) in [5, 5.41) is 4.41. The Morgan fingerprint density at radius 2 is 1.95 bits per heavy atom. The molecule has 4 heteroatoms. The van der Waals surface area contributed by atoms with Gasteiger partial charge in [0.05, 0.1) is 12.6 Å². The summed E-state index contributed by atoms with van der Waals surface area (Å²) in [6.45, 7) is 2.72. The number of rotatable bonds is 4. The third kappa shape index (κ3) is 2.79. The minimum Gasteiger partial charge on any atom is -0.496 e. The topological polar surface area (TPSA) is 47.0 Å². The Balaban J connectivity index is 1.90. The molecular weight excluding hydrogens is 262 g/mol. The third-order valence-electron chi connectivity index (χ3n) is 3.43. The van der Waals surface area contributed by atoms with E-state index in [1.807, 2.05) is 30.3 Å². The summed E-state index contributed by atoms with van der Waals surface area (Å²) in [5.41, 5.74) is 3.23. The predicted molar refractivity (Wildman–Crippen MR) is 84.6 cm³/mol. The van der Waals surface area contributed by atoms with Crippen LogP contribution in [-0.2, 0) is 6.54 Å². The van der Waals surface area contributed by atoms with Gasteiger partial charge >= 0.3 is 0 Å². The average Bonchev–Trinajstić information content (AvgIpc) is 2.53. The minimum atomic E-state index is 0.657. The molecule has 0 bridgehead atoms. The van der Waals surface area contributed by atoms with Crippen LogP contribution < -0.4 is 10.1 Å². The molecule has 21 heavy (non-hydrogen) atoms. The molecule has 0 unspecified atom stereocenters. The molecule has 0 saturated carbocycles. The zero-order chi connectivity index (χ0) is 14.7. The molecule has 106 valence electrons. The minimum absolute atomic E-state index is 0.657. The first-order chi connectivity index (χ1) is 10.3. The Bertz CT molecular complexity index is 771. The Morgan fingerprint density at radius 3 is 2.81 bits per heavy atom. The second-order valence-corrected chi connectivity index (χ2v) is 4.91. The average molecular weight is 279 g/mol. The lowest BCUT2D eigenvalue weighted by Gasteiger charge is -2.11. The zero-order valence-electron chi connectivity index (χ0n) is 12.1. The number of benzene rings is 2. The summed E-state index contributed by atoms with van der Waals surface area (Å²) < 4.78 is 5.37. The molecule has 0 atom stereocenters. The summed E-state index contributed by atoms with van der Waals surface area (Å²) in [7, 11) is 1.68. The summed E-state index contributed by atoms with van der Waals surface area (Å²) in [6, 6.07) is 14.1. The molecule has 0 amide bonds. The van der Waals surface area contributed by atoms with E-state index in [0.717, 1.165) is 28.0 Å². The highest BCUT2D eigenvalue weighted by Crippen LogP contribution is 2.23. The highest BCUT2D eigenvalue weighted by atomic mass is 16.5. The number of hydrogen-bond acceptors (Lipinski definition) is 4. The van der Waals surface area contributed by atoms with Gasteiger partial charge in [-0.3, -0.25) is 0 Å². The van der Waals surface area contributed by atoms with Crippen molar-refractivity contribution in [1.29, 1.82) is 0 Å². The van der Waals surface area contributed by atoms with Gasteiger partial charge in [0.1, 0.15) is 17.9 Å². The fourth-order valence-electron chi connectivity index (χ4n) is 2.34. The van der Waals surface area contributed by atoms with Gasteiger partial charge in [-0.1, -0.05) is 29.8 Å². The maximum atomic E-state index is 5.37. The van der Waals surface area contributed by atoms with E-state index in [4.69, 9.17) is 4.74 Å². The van der Waals surface area contributed by atoms with Gasteiger partial charge in [0.25, 0.3) is 0 Å². The van der Waals surface area contributed by atoms with E-state index in [1.165, 1.54) is 5.56 Å². The predicted octanol–water partition coefficient (Wildman–Crippen LogP) is 3.56. The largest absolute Gasteiger partial charge is 0.496 e. The lowest BCUT2D eigenvalue weighted by atomic mass is 10.1. The zero-order valence-corrected chi connectivity index (χ0v) is 12.1. The quantitative estimate of drug-likeness (QED) is 0.793. The molecule has 0 fully saturated rings. The molecule has 1 N–H and O–H groups in total. The maximum Gasteiger partial charge on any atom is 0.137 e. The van der Waals surface area contributed by atoms with E-state index in [0.29, 0.717) is 6.54 Å². The van der Waals surface area contributed by atoms with Crippen molar-refractivity contribution in [1.82, 2.24) is 9.97 Å². The molecule has 0 aliphatic carbocycles. The first kappa shape index (κ1) is 13.4. The van der Waals surface area contributed by atoms with Crippen LogP contribution in [0.2, 0.25) is 0 Å². The van der Waals surface area contributed by atoms with Gasteiger partial charge in [0, 0.05) is 17.5 Å². The number of hydrogen-bond donors (Lipinski definition) is 1. The molecule has 0 saturated heterocycles. The van der Waals surface area contributed by atoms with Crippen LogP contribution in [0.5, 0.6) is 5.75 Å². The third-order valence-corrected chi connectivity index (χ3v) is 3.43. The summed E-state index contributed by atoms with van der Waals surface area (Å²) in [4.78, 5) is 8.65. The van der Waals surface area contributed by atoms with Crippen molar-refractivity contribution in [3.8, 4) is 5.75 Å². The molecule has 4 nitrogen and oxygen atoms in total. The Labute approximate surface area is 123 Å². The van der Waals surface area contributed by atoms with Crippen molar-refractivity contribution in [2.24, 2.45) is 0 Å². The molecule has 0 aliphatic heterocycles. The van der Waals surface area contributed by atoms with Crippen molar-refractivity contribution in [3.63, 3.8) is 0 Å². The van der Waals surface area contributed by atoms with Crippen molar-refractivity contribution >= 4 is 16.7 Å². The number of fused-ring (bicyclic) bond motifs is 1. The molecule has 0 radical (unpaired) electrons. The number of nitrogens with zero attached hydrogens (tertiary/aromatic N) is 2. The van der Waals surface area contributed by atoms with E-state index in [1.54, 1.807) is 13.4 Å². The van der Waals surface area contributed by atoms with Crippen molar-refractivity contribution < 1.29 is 4.74 Å². The summed E-state index contributed by atoms with van der Waals surface area (Å²) >= 11 is 0. The Morgan fingerprint density at radius 1 is 1.10 bits per heavy atom. The maximum absolute atomic E-state index is 5.37. The van der Waals surface area contributed by atoms with Gasteiger partial charge in [-0.15, -0.1) is 0 Å². The first-order valence-corrected chi connectivity index (χ1v) is 6.85. The van der Waals surface area contributed by atoms with Crippen LogP contribution in [-0.4, -0.2) is 17.1 Å². The number of anilines is 1. The van der Waals surface area contributed by atoms with Crippen LogP contribution in [0.4, 0.5) is 5.82 Å². The molecular formula is C17H17N3O. The van der Waals surface area contributed by atoms with Gasteiger partial charge in [-0.2, -0.15) is 0 Å². The van der Waals surface area contributed by atoms with Gasteiger partial charge in [-0.25, -0.2) is 9.97 Å². The van der Waals surface area contributed by atoms with E-state index in [-0.39, 0.29) is 0 Å². The number of nitrogens with one attached hydrogen (secondary N) is 1. The summed E-state index contributed by atoms with van der Waals surface area (Å²) in [6.07, 6.45) is 1.59. The molecule has 3 aromatic rings. The smallest absolute Gasteiger partial charge is 0.137 e. The lowest BCUT2D eigenvalue weighted by Crippen LogP contribution is -2.04. The molecule has 0 aliphatic rings. The highest BCUT2D eigenvalue weighted by molar-refractivity contribution is 5.89. The molecule has 1 heterocycles. The van der Waals surface area contributed by atoms with Crippen LogP contribution in [0, 0.1) is 6.92 Å². The van der Waals surface area contributed by atoms with Crippen LogP contribution >= 0.6 is 0 Å². The second kappa shape index (κ2) is 5.79. The van der Waals surface area contributed by atoms with Gasteiger partial charge < -0.3 is 10.1 Å². The normalized spacial score (nSPS) is 10.6. The molecule has 0 spiro atoms. The molecule has 3 rings (SSSR count). The Kier molecular flexibility index (Phi) is 3.69.